The molecular weight excluding hydrogens is 313 g/mol. The molecule has 4 aromatic rings. The second-order valence-electron chi connectivity index (χ2n) is 5.06. The van der Waals surface area contributed by atoms with Gasteiger partial charge in [-0.15, -0.1) is 11.3 Å². The molecule has 0 bridgehead atoms. The summed E-state index contributed by atoms with van der Waals surface area (Å²) >= 11 is 1.55. The van der Waals surface area contributed by atoms with Crippen molar-refractivity contribution >= 4 is 21.6 Å². The molecule has 114 valence electrons. The van der Waals surface area contributed by atoms with Crippen LogP contribution in [-0.2, 0) is 7.05 Å². The first kappa shape index (κ1) is 13.9. The van der Waals surface area contributed by atoms with Crippen LogP contribution >= 0.6 is 11.3 Å². The van der Waals surface area contributed by atoms with E-state index in [1.54, 1.807) is 48.1 Å². The lowest BCUT2D eigenvalue weighted by atomic mass is 10.3. The molecule has 0 radical (unpaired) electrons. The minimum atomic E-state index is -0.388. The smallest absolute Gasteiger partial charge is 0.165 e. The number of nitrogens with zero attached hydrogens (tertiary/aromatic N) is 3. The number of aryl methyl sites for hydroxylation is 1. The van der Waals surface area contributed by atoms with Crippen LogP contribution in [0.4, 0.5) is 4.39 Å². The highest BCUT2D eigenvalue weighted by molar-refractivity contribution is 7.22. The molecule has 4 nitrogen and oxygen atoms in total. The molecule has 0 aliphatic carbocycles. The predicted molar refractivity (Wildman–Crippen MR) is 88.3 cm³/mol. The maximum Gasteiger partial charge on any atom is 0.165 e. The van der Waals surface area contributed by atoms with Gasteiger partial charge in [-0.3, -0.25) is 4.98 Å². The quantitative estimate of drug-likeness (QED) is 0.551. The average Bonchev–Trinajstić information content (AvgIpc) is 3.15. The number of ether oxygens (including phenoxy) is 1. The van der Waals surface area contributed by atoms with E-state index in [0.29, 0.717) is 5.75 Å². The summed E-state index contributed by atoms with van der Waals surface area (Å²) in [6.07, 6.45) is 5.23. The molecular formula is C17H12FN3OS. The van der Waals surface area contributed by atoms with Gasteiger partial charge in [-0.2, -0.15) is 0 Å². The molecule has 0 aliphatic rings. The van der Waals surface area contributed by atoms with Crippen molar-refractivity contribution in [3.63, 3.8) is 0 Å². The van der Waals surface area contributed by atoms with Crippen molar-refractivity contribution in [3.05, 3.63) is 60.9 Å². The highest BCUT2D eigenvalue weighted by Crippen LogP contribution is 2.39. The van der Waals surface area contributed by atoms with E-state index in [0.717, 1.165) is 20.8 Å². The van der Waals surface area contributed by atoms with Gasteiger partial charge in [-0.05, 0) is 18.2 Å². The third kappa shape index (κ3) is 2.47. The molecule has 0 atom stereocenters. The topological polar surface area (TPSA) is 39.9 Å². The molecule has 0 amide bonds. The molecule has 1 aromatic carbocycles. The fourth-order valence-electron chi connectivity index (χ4n) is 2.36. The molecule has 3 aromatic heterocycles. The standard InChI is InChI=1S/C17H12FN3OS/c1-21-10-19-9-13(21)16-8-12-17(23-16)15(6-7-20-12)22-14-5-3-2-4-11(14)18/h2-10H,1H3. The van der Waals surface area contributed by atoms with E-state index in [-0.39, 0.29) is 11.6 Å². The number of rotatable bonds is 3. The van der Waals surface area contributed by atoms with Crippen molar-refractivity contribution in [2.24, 2.45) is 7.05 Å². The second kappa shape index (κ2) is 5.48. The Morgan fingerprint density at radius 3 is 2.83 bits per heavy atom. The number of hydrogen-bond acceptors (Lipinski definition) is 4. The number of pyridine rings is 1. The van der Waals surface area contributed by atoms with E-state index in [1.165, 1.54) is 6.07 Å². The zero-order valence-electron chi connectivity index (χ0n) is 12.2. The van der Waals surface area contributed by atoms with Gasteiger partial charge >= 0.3 is 0 Å². The predicted octanol–water partition coefficient (Wildman–Crippen LogP) is 4.63. The average molecular weight is 325 g/mol. The fraction of sp³-hybridized carbons (Fsp3) is 0.0588. The first-order valence-electron chi connectivity index (χ1n) is 7.00. The summed E-state index contributed by atoms with van der Waals surface area (Å²) in [5, 5.41) is 0. The van der Waals surface area contributed by atoms with Crippen LogP contribution in [0.1, 0.15) is 0 Å². The lowest BCUT2D eigenvalue weighted by Crippen LogP contribution is -1.88. The molecule has 0 saturated heterocycles. The van der Waals surface area contributed by atoms with E-state index < -0.39 is 0 Å². The summed E-state index contributed by atoms with van der Waals surface area (Å²) < 4.78 is 22.4. The number of halogens is 1. The molecule has 6 heteroatoms. The third-order valence-corrected chi connectivity index (χ3v) is 4.66. The van der Waals surface area contributed by atoms with Crippen molar-refractivity contribution in [3.8, 4) is 22.1 Å². The van der Waals surface area contributed by atoms with Gasteiger partial charge < -0.3 is 9.30 Å². The maximum absolute atomic E-state index is 13.8. The zero-order valence-corrected chi connectivity index (χ0v) is 13.0. The van der Waals surface area contributed by atoms with Gasteiger partial charge in [0.2, 0.25) is 0 Å². The van der Waals surface area contributed by atoms with Gasteiger partial charge in [0.15, 0.2) is 11.6 Å². The van der Waals surface area contributed by atoms with Crippen LogP contribution in [0.2, 0.25) is 0 Å². The van der Waals surface area contributed by atoms with Crippen molar-refractivity contribution < 1.29 is 9.13 Å². The van der Waals surface area contributed by atoms with Crippen molar-refractivity contribution in [1.82, 2.24) is 14.5 Å². The largest absolute Gasteiger partial charge is 0.453 e. The zero-order chi connectivity index (χ0) is 15.8. The number of benzene rings is 1. The van der Waals surface area contributed by atoms with Crippen molar-refractivity contribution in [1.29, 1.82) is 0 Å². The van der Waals surface area contributed by atoms with E-state index in [4.69, 9.17) is 4.74 Å². The monoisotopic (exact) mass is 325 g/mol. The summed E-state index contributed by atoms with van der Waals surface area (Å²) in [6.45, 7) is 0. The van der Waals surface area contributed by atoms with Crippen LogP contribution in [-0.4, -0.2) is 14.5 Å². The normalized spacial score (nSPS) is 11.0. The molecule has 23 heavy (non-hydrogen) atoms. The van der Waals surface area contributed by atoms with Gasteiger partial charge in [-0.1, -0.05) is 12.1 Å². The summed E-state index contributed by atoms with van der Waals surface area (Å²) in [4.78, 5) is 9.55. The number of para-hydroxylation sites is 1. The minimum Gasteiger partial charge on any atom is -0.453 e. The van der Waals surface area contributed by atoms with Crippen molar-refractivity contribution in [2.75, 3.05) is 0 Å². The first-order valence-corrected chi connectivity index (χ1v) is 7.81. The molecule has 3 heterocycles. The van der Waals surface area contributed by atoms with Crippen LogP contribution < -0.4 is 4.74 Å². The van der Waals surface area contributed by atoms with Crippen LogP contribution in [0, 0.1) is 5.82 Å². The van der Waals surface area contributed by atoms with Gasteiger partial charge in [0.1, 0.15) is 5.75 Å². The number of aromatic nitrogens is 3. The molecule has 0 aliphatic heterocycles. The molecule has 4 rings (SSSR count). The summed E-state index contributed by atoms with van der Waals surface area (Å²) in [7, 11) is 1.94. The molecule has 0 N–H and O–H groups in total. The number of fused-ring (bicyclic) bond motifs is 1. The fourth-order valence-corrected chi connectivity index (χ4v) is 3.48. The Hall–Kier alpha value is -2.73. The van der Waals surface area contributed by atoms with Gasteiger partial charge in [0.05, 0.1) is 33.3 Å². The molecule has 0 saturated carbocycles. The lowest BCUT2D eigenvalue weighted by molar-refractivity contribution is 0.447. The highest BCUT2D eigenvalue weighted by Gasteiger charge is 2.13. The first-order chi connectivity index (χ1) is 11.2. The third-order valence-electron chi connectivity index (χ3n) is 3.50. The van der Waals surface area contributed by atoms with E-state index in [9.17, 15) is 4.39 Å². The Morgan fingerprint density at radius 1 is 1.17 bits per heavy atom. The Morgan fingerprint density at radius 2 is 2.04 bits per heavy atom. The molecule has 0 spiro atoms. The van der Waals surface area contributed by atoms with Crippen LogP contribution in [0.3, 0.4) is 0 Å². The SMILES string of the molecule is Cn1cncc1-c1cc2nccc(Oc3ccccc3F)c2s1. The molecule has 0 fully saturated rings. The van der Waals surface area contributed by atoms with E-state index in [1.807, 2.05) is 23.9 Å². The van der Waals surface area contributed by atoms with Crippen LogP contribution in [0.5, 0.6) is 11.5 Å². The Labute approximate surface area is 135 Å². The van der Waals surface area contributed by atoms with Gasteiger partial charge in [0, 0.05) is 19.3 Å². The number of thiophene rings is 1. The lowest BCUT2D eigenvalue weighted by Gasteiger charge is -2.06. The van der Waals surface area contributed by atoms with E-state index in [2.05, 4.69) is 9.97 Å². The highest BCUT2D eigenvalue weighted by atomic mass is 32.1. The number of imidazole rings is 1. The maximum atomic E-state index is 13.8. The minimum absolute atomic E-state index is 0.204. The van der Waals surface area contributed by atoms with Crippen LogP contribution in [0.15, 0.2) is 55.1 Å². The summed E-state index contributed by atoms with van der Waals surface area (Å²) in [6, 6.07) is 10.1. The van der Waals surface area contributed by atoms with Crippen LogP contribution in [0.25, 0.3) is 20.8 Å². The Kier molecular flexibility index (Phi) is 3.31. The second-order valence-corrected chi connectivity index (χ2v) is 6.11. The number of hydrogen-bond donors (Lipinski definition) is 0. The van der Waals surface area contributed by atoms with Crippen molar-refractivity contribution in [2.45, 2.75) is 0 Å². The summed E-state index contributed by atoms with van der Waals surface area (Å²) in [5.41, 5.74) is 1.82. The van der Waals surface area contributed by atoms with Gasteiger partial charge in [-0.25, -0.2) is 9.37 Å². The molecule has 0 unspecified atom stereocenters. The Balaban J connectivity index is 1.81. The Bertz CT molecular complexity index is 992. The van der Waals surface area contributed by atoms with E-state index >= 15 is 0 Å². The summed E-state index contributed by atoms with van der Waals surface area (Å²) in [5.74, 6) is 0.412. The van der Waals surface area contributed by atoms with Gasteiger partial charge in [0.25, 0.3) is 0 Å².